The lowest BCUT2D eigenvalue weighted by Gasteiger charge is -2.28. The number of methoxy groups -OCH3 is 1. The van der Waals surface area contributed by atoms with E-state index in [0.29, 0.717) is 11.5 Å². The van der Waals surface area contributed by atoms with Crippen molar-refractivity contribution in [2.24, 2.45) is 5.41 Å². The van der Waals surface area contributed by atoms with Crippen molar-refractivity contribution in [3.8, 4) is 5.75 Å². The van der Waals surface area contributed by atoms with Crippen molar-refractivity contribution in [3.05, 3.63) is 26.6 Å². The largest absolute Gasteiger partial charge is 0.495 e. The van der Waals surface area contributed by atoms with Crippen LogP contribution in [0, 0.1) is 5.41 Å². The number of hydrogen-bond donors (Lipinski definition) is 1. The molecule has 0 spiro atoms. The van der Waals surface area contributed by atoms with Gasteiger partial charge in [-0.15, -0.1) is 0 Å². The Morgan fingerprint density at radius 1 is 1.37 bits per heavy atom. The highest BCUT2D eigenvalue weighted by Crippen LogP contribution is 2.38. The van der Waals surface area contributed by atoms with Gasteiger partial charge in [0.15, 0.2) is 0 Å². The van der Waals surface area contributed by atoms with Crippen LogP contribution in [-0.2, 0) is 6.54 Å². The number of halogens is 2. The van der Waals surface area contributed by atoms with Crippen molar-refractivity contribution in [2.75, 3.05) is 7.11 Å². The van der Waals surface area contributed by atoms with Gasteiger partial charge in [0, 0.05) is 22.6 Å². The highest BCUT2D eigenvalue weighted by atomic mass is 79.9. The summed E-state index contributed by atoms with van der Waals surface area (Å²) >= 11 is 7.09. The summed E-state index contributed by atoms with van der Waals surface area (Å²) < 4.78 is 7.55. The smallest absolute Gasteiger partial charge is 0.137 e. The van der Waals surface area contributed by atoms with Crippen LogP contribution in [0.25, 0.3) is 0 Å². The molecule has 0 aliphatic heterocycles. The molecule has 106 valence electrons. The molecule has 2 rings (SSSR count). The van der Waals surface area contributed by atoms with Gasteiger partial charge in [-0.2, -0.15) is 0 Å². The summed E-state index contributed by atoms with van der Waals surface area (Å²) in [5.74, 6) is 0.923. The van der Waals surface area contributed by atoms with Crippen LogP contribution in [0.3, 0.4) is 0 Å². The summed E-state index contributed by atoms with van der Waals surface area (Å²) in [5.41, 5.74) is 1.59. The molecule has 0 bridgehead atoms. The lowest BCUT2D eigenvalue weighted by molar-refractivity contribution is 0.281. The molecule has 1 aromatic carbocycles. The number of hydrogen-bond acceptors (Lipinski definition) is 2. The van der Waals surface area contributed by atoms with Gasteiger partial charge in [-0.3, -0.25) is 0 Å². The first kappa shape index (κ1) is 15.3. The molecule has 2 nitrogen and oxygen atoms in total. The Labute approximate surface area is 132 Å². The minimum absolute atomic E-state index is 0.399. The zero-order valence-electron chi connectivity index (χ0n) is 11.7. The van der Waals surface area contributed by atoms with Gasteiger partial charge in [-0.25, -0.2) is 0 Å². The second-order valence-corrected chi connectivity index (χ2v) is 7.66. The van der Waals surface area contributed by atoms with Crippen LogP contribution in [0.15, 0.2) is 21.1 Å². The van der Waals surface area contributed by atoms with E-state index in [1.807, 2.05) is 6.07 Å². The molecule has 1 atom stereocenters. The first-order valence-corrected chi connectivity index (χ1v) is 8.28. The molecule has 1 aromatic rings. The standard InChI is InChI=1S/C15H21Br2NO/c1-15(2)6-4-5-13(15)18-9-10-7-11(16)8-12(17)14(10)19-3/h7-8,13,18H,4-6,9H2,1-3H3. The highest BCUT2D eigenvalue weighted by Gasteiger charge is 2.33. The average Bonchev–Trinajstić information content (AvgIpc) is 2.65. The fraction of sp³-hybridized carbons (Fsp3) is 0.600. The summed E-state index contributed by atoms with van der Waals surface area (Å²) in [5, 5.41) is 3.70. The second kappa shape index (κ2) is 6.15. The minimum atomic E-state index is 0.399. The number of ether oxygens (including phenoxy) is 1. The van der Waals surface area contributed by atoms with E-state index in [-0.39, 0.29) is 0 Å². The van der Waals surface area contributed by atoms with E-state index >= 15 is 0 Å². The maximum absolute atomic E-state index is 5.49. The van der Waals surface area contributed by atoms with E-state index in [9.17, 15) is 0 Å². The molecule has 0 amide bonds. The topological polar surface area (TPSA) is 21.3 Å². The quantitative estimate of drug-likeness (QED) is 0.790. The zero-order valence-corrected chi connectivity index (χ0v) is 14.9. The Balaban J connectivity index is 2.11. The molecular weight excluding hydrogens is 370 g/mol. The van der Waals surface area contributed by atoms with Crippen LogP contribution >= 0.6 is 31.9 Å². The summed E-state index contributed by atoms with van der Waals surface area (Å²) in [6.07, 6.45) is 3.90. The maximum Gasteiger partial charge on any atom is 0.137 e. The lowest BCUT2D eigenvalue weighted by atomic mass is 9.87. The number of rotatable bonds is 4. The fourth-order valence-electron chi connectivity index (χ4n) is 2.91. The Hall–Kier alpha value is -0.0600. The second-order valence-electron chi connectivity index (χ2n) is 5.89. The van der Waals surface area contributed by atoms with Crippen molar-refractivity contribution in [3.63, 3.8) is 0 Å². The van der Waals surface area contributed by atoms with Crippen molar-refractivity contribution in [2.45, 2.75) is 45.7 Å². The van der Waals surface area contributed by atoms with Crippen LogP contribution in [0.1, 0.15) is 38.7 Å². The van der Waals surface area contributed by atoms with Crippen LogP contribution in [0.4, 0.5) is 0 Å². The van der Waals surface area contributed by atoms with Crippen molar-refractivity contribution >= 4 is 31.9 Å². The van der Waals surface area contributed by atoms with Crippen LogP contribution in [0.5, 0.6) is 5.75 Å². The molecule has 1 saturated carbocycles. The third kappa shape index (κ3) is 3.53. The van der Waals surface area contributed by atoms with Crippen LogP contribution < -0.4 is 10.1 Å². The normalized spacial score (nSPS) is 21.6. The molecule has 0 saturated heterocycles. The predicted molar refractivity (Wildman–Crippen MR) is 86.7 cm³/mol. The molecule has 1 unspecified atom stereocenters. The Morgan fingerprint density at radius 3 is 2.68 bits per heavy atom. The van der Waals surface area contributed by atoms with Gasteiger partial charge in [0.1, 0.15) is 5.75 Å². The molecule has 1 aliphatic rings. The molecule has 19 heavy (non-hydrogen) atoms. The van der Waals surface area contributed by atoms with Crippen molar-refractivity contribution < 1.29 is 4.74 Å². The molecular formula is C15H21Br2NO. The third-order valence-electron chi connectivity index (χ3n) is 4.09. The average molecular weight is 391 g/mol. The Morgan fingerprint density at radius 2 is 2.11 bits per heavy atom. The van der Waals surface area contributed by atoms with Gasteiger partial charge in [0.2, 0.25) is 0 Å². The van der Waals surface area contributed by atoms with Gasteiger partial charge >= 0.3 is 0 Å². The molecule has 4 heteroatoms. The third-order valence-corrected chi connectivity index (χ3v) is 5.13. The van der Waals surface area contributed by atoms with Gasteiger partial charge in [-0.1, -0.05) is 36.2 Å². The number of nitrogens with one attached hydrogen (secondary N) is 1. The number of benzene rings is 1. The lowest BCUT2D eigenvalue weighted by Crippen LogP contribution is -2.37. The fourth-order valence-corrected chi connectivity index (χ4v) is 4.39. The Bertz CT molecular complexity index is 460. The van der Waals surface area contributed by atoms with Gasteiger partial charge < -0.3 is 10.1 Å². The SMILES string of the molecule is COc1c(Br)cc(Br)cc1CNC1CCCC1(C)C. The van der Waals surface area contributed by atoms with Gasteiger partial charge in [0.25, 0.3) is 0 Å². The molecule has 0 radical (unpaired) electrons. The van der Waals surface area contributed by atoms with Crippen LogP contribution in [-0.4, -0.2) is 13.2 Å². The van der Waals surface area contributed by atoms with E-state index < -0.39 is 0 Å². The summed E-state index contributed by atoms with van der Waals surface area (Å²) in [6, 6.07) is 4.73. The predicted octanol–water partition coefficient (Wildman–Crippen LogP) is 4.89. The minimum Gasteiger partial charge on any atom is -0.495 e. The summed E-state index contributed by atoms with van der Waals surface area (Å²) in [6.45, 7) is 5.55. The monoisotopic (exact) mass is 389 g/mol. The van der Waals surface area contributed by atoms with E-state index in [4.69, 9.17) is 4.74 Å². The van der Waals surface area contributed by atoms with E-state index in [1.165, 1.54) is 24.8 Å². The molecule has 0 aromatic heterocycles. The van der Waals surface area contributed by atoms with E-state index in [1.54, 1.807) is 7.11 Å². The summed E-state index contributed by atoms with van der Waals surface area (Å²) in [7, 11) is 1.72. The first-order chi connectivity index (χ1) is 8.94. The van der Waals surface area contributed by atoms with Crippen molar-refractivity contribution in [1.82, 2.24) is 5.32 Å². The first-order valence-electron chi connectivity index (χ1n) is 6.69. The van der Waals surface area contributed by atoms with Crippen molar-refractivity contribution in [1.29, 1.82) is 0 Å². The van der Waals surface area contributed by atoms with Crippen LogP contribution in [0.2, 0.25) is 0 Å². The molecule has 0 heterocycles. The Kier molecular flexibility index (Phi) is 4.96. The van der Waals surface area contributed by atoms with Gasteiger partial charge in [-0.05, 0) is 46.3 Å². The molecule has 1 aliphatic carbocycles. The zero-order chi connectivity index (χ0) is 14.0. The molecule has 1 fully saturated rings. The van der Waals surface area contributed by atoms with Gasteiger partial charge in [0.05, 0.1) is 11.6 Å². The van der Waals surface area contributed by atoms with E-state index in [0.717, 1.165) is 21.2 Å². The summed E-state index contributed by atoms with van der Waals surface area (Å²) in [4.78, 5) is 0. The molecule has 1 N–H and O–H groups in total. The highest BCUT2D eigenvalue weighted by molar-refractivity contribution is 9.11. The maximum atomic E-state index is 5.49. The van der Waals surface area contributed by atoms with E-state index in [2.05, 4.69) is 57.1 Å².